The highest BCUT2D eigenvalue weighted by atomic mass is 32.1. The van der Waals surface area contributed by atoms with Crippen molar-refractivity contribution < 1.29 is 18.9 Å². The number of unbranched alkanes of at least 4 members (excludes halogenated alkanes) is 52. The molecule has 2 fully saturated rings. The van der Waals surface area contributed by atoms with E-state index >= 15 is 0 Å². The van der Waals surface area contributed by atoms with Crippen LogP contribution in [0.2, 0.25) is 0 Å². The fourth-order valence-corrected chi connectivity index (χ4v) is 25.3. The Morgan fingerprint density at radius 1 is 0.228 bits per heavy atom. The molecule has 3 aromatic heterocycles. The van der Waals surface area contributed by atoms with Crippen molar-refractivity contribution in [3.8, 4) is 41.8 Å². The Balaban J connectivity index is 0.872. The molecule has 0 atom stereocenters. The van der Waals surface area contributed by atoms with E-state index in [2.05, 4.69) is 197 Å². The summed E-state index contributed by atoms with van der Waals surface area (Å²) in [5.41, 5.74) is 20.7. The maximum atomic E-state index is 6.22. The van der Waals surface area contributed by atoms with Crippen LogP contribution in [-0.4, -0.2) is 26.4 Å². The minimum absolute atomic E-state index is 0.323. The zero-order valence-electron chi connectivity index (χ0n) is 80.3. The molecule has 127 heavy (non-hydrogen) atoms. The highest BCUT2D eigenvalue weighted by molar-refractivity contribution is 7.19. The third kappa shape index (κ3) is 28.2. The number of hydrogen-bond acceptors (Lipinski definition) is 7. The van der Waals surface area contributed by atoms with E-state index in [0.29, 0.717) is 26.4 Å². The molecule has 5 heterocycles. The van der Waals surface area contributed by atoms with Gasteiger partial charge in [-0.3, -0.25) is 0 Å². The summed E-state index contributed by atoms with van der Waals surface area (Å²) >= 11 is 5.75. The second kappa shape index (κ2) is 55.7. The zero-order chi connectivity index (χ0) is 87.4. The lowest BCUT2D eigenvalue weighted by Gasteiger charge is -2.40. The van der Waals surface area contributed by atoms with Crippen LogP contribution in [0.4, 0.5) is 0 Å². The second-order valence-corrected chi connectivity index (χ2v) is 42.5. The molecule has 13 rings (SSSR count). The molecule has 4 nitrogen and oxygen atoms in total. The van der Waals surface area contributed by atoms with Crippen molar-refractivity contribution in [3.63, 3.8) is 0 Å². The van der Waals surface area contributed by atoms with Crippen LogP contribution in [0.15, 0.2) is 158 Å². The van der Waals surface area contributed by atoms with Gasteiger partial charge in [-0.1, -0.05) is 483 Å². The lowest BCUT2D eigenvalue weighted by atomic mass is 9.61. The summed E-state index contributed by atoms with van der Waals surface area (Å²) in [6.45, 7) is 11.8. The Hall–Kier alpha value is -5.74. The summed E-state index contributed by atoms with van der Waals surface area (Å²) in [5, 5.41) is 0. The zero-order valence-corrected chi connectivity index (χ0v) is 82.7. The summed E-state index contributed by atoms with van der Waals surface area (Å²) in [5.74, 6) is 0. The molecule has 7 heteroatoms. The number of ether oxygens (including phenoxy) is 4. The van der Waals surface area contributed by atoms with Crippen molar-refractivity contribution in [2.24, 2.45) is 0 Å². The Bertz CT molecular complexity index is 4050. The van der Waals surface area contributed by atoms with Crippen molar-refractivity contribution in [1.29, 1.82) is 0 Å². The second-order valence-electron chi connectivity index (χ2n) is 39.3. The molecule has 4 aliphatic rings. The SMILES string of the molecule is CCCCCCCCCCCCCCCCc1ccc(C2(c3ccc(CCCCCCCCCCCCCCCC)cc3)c3cc(-c4ccc(C5OCCO5)s4)ccc3-c3sc4c(c32)C(c2ccc(CCCCCCCCCCCCCCCC)cc2)(c2ccc(CCCCCCCCCCCCCCCC)cc2)c2cc(-c3ccc(C5OCCO5)s3)ccc2-4)cc1. The predicted molar refractivity (Wildman–Crippen MR) is 551 cm³/mol. The summed E-state index contributed by atoms with van der Waals surface area (Å²) in [7, 11) is 0. The van der Waals surface area contributed by atoms with Gasteiger partial charge >= 0.3 is 0 Å². The Labute approximate surface area is 786 Å². The molecule has 2 aliphatic carbocycles. The molecule has 0 unspecified atom stereocenters. The molecule has 0 radical (unpaired) electrons. The van der Waals surface area contributed by atoms with Crippen molar-refractivity contribution in [3.05, 3.63) is 234 Å². The van der Waals surface area contributed by atoms with Gasteiger partial charge in [-0.05, 0) is 177 Å². The van der Waals surface area contributed by atoms with E-state index in [4.69, 9.17) is 18.9 Å². The first-order valence-corrected chi connectivity index (χ1v) is 55.9. The molecule has 0 saturated carbocycles. The molecule has 2 saturated heterocycles. The third-order valence-corrected chi connectivity index (χ3v) is 32.9. The number of benzene rings is 6. The molecule has 9 aromatic rings. The fraction of sp³-hybridized carbons (Fsp3) is 0.600. The quantitative estimate of drug-likeness (QED) is 0.0356. The highest BCUT2D eigenvalue weighted by Gasteiger charge is 2.58. The summed E-state index contributed by atoms with van der Waals surface area (Å²) < 4.78 is 24.9. The fourth-order valence-electron chi connectivity index (χ4n) is 21.8. The molecule has 6 aromatic carbocycles. The van der Waals surface area contributed by atoms with Gasteiger partial charge in [0, 0.05) is 19.5 Å². The molecule has 0 spiro atoms. The lowest BCUT2D eigenvalue weighted by Crippen LogP contribution is -2.35. The van der Waals surface area contributed by atoms with E-state index in [0.717, 1.165) is 35.4 Å². The Morgan fingerprint density at radius 3 is 0.661 bits per heavy atom. The maximum Gasteiger partial charge on any atom is 0.193 e. The highest BCUT2D eigenvalue weighted by Crippen LogP contribution is 2.70. The van der Waals surface area contributed by atoms with Gasteiger partial charge in [-0.25, -0.2) is 0 Å². The van der Waals surface area contributed by atoms with Crippen LogP contribution in [-0.2, 0) is 55.5 Å². The minimum atomic E-state index is -0.717. The Kier molecular flexibility index (Phi) is 43.3. The van der Waals surface area contributed by atoms with Gasteiger partial charge in [-0.2, -0.15) is 0 Å². The minimum Gasteiger partial charge on any atom is -0.345 e. The molecule has 0 N–H and O–H groups in total. The van der Waals surface area contributed by atoms with Crippen LogP contribution < -0.4 is 0 Å². The Morgan fingerprint density at radius 2 is 0.441 bits per heavy atom. The molecule has 2 aliphatic heterocycles. The number of rotatable bonds is 68. The van der Waals surface area contributed by atoms with Gasteiger partial charge in [0.25, 0.3) is 0 Å². The number of hydrogen-bond donors (Lipinski definition) is 0. The van der Waals surface area contributed by atoms with E-state index in [9.17, 15) is 0 Å². The largest absolute Gasteiger partial charge is 0.345 e. The van der Waals surface area contributed by atoms with Crippen molar-refractivity contribution in [2.45, 2.75) is 436 Å². The third-order valence-electron chi connectivity index (χ3n) is 29.3. The maximum absolute atomic E-state index is 6.22. The van der Waals surface area contributed by atoms with E-state index < -0.39 is 10.8 Å². The van der Waals surface area contributed by atoms with Gasteiger partial charge in [0.1, 0.15) is 0 Å². The van der Waals surface area contributed by atoms with E-state index in [1.54, 1.807) is 0 Å². The van der Waals surface area contributed by atoms with Gasteiger partial charge in [-0.15, -0.1) is 34.0 Å². The summed E-state index contributed by atoms with van der Waals surface area (Å²) in [6, 6.07) is 65.9. The first-order chi connectivity index (χ1) is 63.0. The van der Waals surface area contributed by atoms with Gasteiger partial charge in [0.2, 0.25) is 0 Å². The van der Waals surface area contributed by atoms with Gasteiger partial charge in [0.15, 0.2) is 12.6 Å². The smallest absolute Gasteiger partial charge is 0.193 e. The van der Waals surface area contributed by atoms with Crippen LogP contribution in [0.3, 0.4) is 0 Å². The average molecular weight is 1770 g/mol. The molecular formula is C120H168O4S3. The van der Waals surface area contributed by atoms with Gasteiger partial charge in [0.05, 0.1) is 47.0 Å². The molecule has 0 amide bonds. The van der Waals surface area contributed by atoms with Crippen LogP contribution in [0.25, 0.3) is 41.8 Å². The summed E-state index contributed by atoms with van der Waals surface area (Å²) in [6.07, 6.45) is 80.7. The topological polar surface area (TPSA) is 36.9 Å². The lowest BCUT2D eigenvalue weighted by molar-refractivity contribution is -0.0415. The van der Waals surface area contributed by atoms with Gasteiger partial charge < -0.3 is 18.9 Å². The number of fused-ring (bicyclic) bond motifs is 7. The van der Waals surface area contributed by atoms with Crippen molar-refractivity contribution in [1.82, 2.24) is 0 Å². The van der Waals surface area contributed by atoms with Crippen LogP contribution in [0, 0.1) is 0 Å². The first-order valence-electron chi connectivity index (χ1n) is 53.5. The van der Waals surface area contributed by atoms with E-state index in [1.165, 1.54) is 468 Å². The normalized spacial score (nSPS) is 14.6. The van der Waals surface area contributed by atoms with E-state index in [1.807, 2.05) is 22.7 Å². The number of aryl methyl sites for hydroxylation is 4. The van der Waals surface area contributed by atoms with Crippen LogP contribution >= 0.6 is 34.0 Å². The molecule has 0 bridgehead atoms. The molecular weight excluding hydrogens is 1600 g/mol. The van der Waals surface area contributed by atoms with Crippen LogP contribution in [0.5, 0.6) is 0 Å². The first kappa shape index (κ1) is 98.8. The van der Waals surface area contributed by atoms with E-state index in [-0.39, 0.29) is 12.6 Å². The standard InChI is InChI=1S/C120H168O4S3/c1-5-9-13-17-21-25-29-33-37-41-45-49-53-57-61-95-65-75-101(76-66-95)119(102-77-67-96(68-78-102)62-58-54-50-46-42-38-34-30-26-22-18-14-10-6-2)107-93-99(109-85-87-111(125-109)117-121-89-90-122-117)73-83-105(107)115-113(119)114-116(127-115)106-84-74-100(110-86-88-112(126-110)118-123-91-92-124-118)94-108(106)120(114,103-79-69-97(70-80-103)63-59-55-51-47-43-39-35-31-27-23-19-15-11-7-3)104-81-71-98(72-82-104)64-60-56-52-48-44-40-36-32-28-24-20-16-12-8-4/h65-88,93-94,117-118H,5-64,89-92H2,1-4H3. The molecule has 690 valence electrons. The van der Waals surface area contributed by atoms with Crippen molar-refractivity contribution >= 4 is 34.0 Å². The van der Waals surface area contributed by atoms with Crippen LogP contribution in [0.1, 0.15) is 476 Å². The monoisotopic (exact) mass is 1770 g/mol. The number of thiophene rings is 3. The average Bonchev–Trinajstić information content (AvgIpc) is 1.48. The van der Waals surface area contributed by atoms with Crippen molar-refractivity contribution in [2.75, 3.05) is 26.4 Å². The summed E-state index contributed by atoms with van der Waals surface area (Å²) in [4.78, 5) is 7.59. The predicted octanol–water partition coefficient (Wildman–Crippen LogP) is 38.1.